The van der Waals surface area contributed by atoms with E-state index in [-0.39, 0.29) is 0 Å². The Hall–Kier alpha value is -2.43. The first-order valence-electron chi connectivity index (χ1n) is 7.72. The summed E-state index contributed by atoms with van der Waals surface area (Å²) in [6.45, 7) is 12.1. The summed E-state index contributed by atoms with van der Waals surface area (Å²) in [5, 5.41) is 0. The van der Waals surface area contributed by atoms with Gasteiger partial charge in [-0.25, -0.2) is 0 Å². The van der Waals surface area contributed by atoms with E-state index in [1.807, 2.05) is 24.3 Å². The lowest BCUT2D eigenvalue weighted by Crippen LogP contribution is -2.19. The minimum Gasteiger partial charge on any atom is -0.497 e. The Morgan fingerprint density at radius 2 is 2.00 bits per heavy atom. The molecular weight excluding hydrogens is 316 g/mol. The fourth-order valence-corrected chi connectivity index (χ4v) is 3.33. The SMILES string of the molecule is C=C(C#CC(C#Cc1cccc(OC)c1)OC(C)=O)C[Si](C)(C)C. The fourth-order valence-electron chi connectivity index (χ4n) is 1.96. The zero-order chi connectivity index (χ0) is 18.2. The van der Waals surface area contributed by atoms with Crippen LogP contribution in [-0.4, -0.2) is 27.3 Å². The number of hydrogen-bond donors (Lipinski definition) is 0. The Labute approximate surface area is 146 Å². The number of esters is 1. The van der Waals surface area contributed by atoms with Gasteiger partial charge in [0.2, 0.25) is 6.10 Å². The van der Waals surface area contributed by atoms with Crippen molar-refractivity contribution in [1.82, 2.24) is 0 Å². The van der Waals surface area contributed by atoms with Crippen LogP contribution in [0.15, 0.2) is 36.4 Å². The summed E-state index contributed by atoms with van der Waals surface area (Å²) in [6, 6.07) is 8.28. The van der Waals surface area contributed by atoms with Gasteiger partial charge in [0.1, 0.15) is 5.75 Å². The minimum atomic E-state index is -1.27. The molecule has 0 aliphatic rings. The van der Waals surface area contributed by atoms with Gasteiger partial charge in [-0.05, 0) is 41.7 Å². The molecule has 3 nitrogen and oxygen atoms in total. The van der Waals surface area contributed by atoms with Crippen molar-refractivity contribution in [3.8, 4) is 29.4 Å². The number of methoxy groups -OCH3 is 1. The topological polar surface area (TPSA) is 35.5 Å². The van der Waals surface area contributed by atoms with Crippen LogP contribution in [0.4, 0.5) is 0 Å². The molecule has 0 fully saturated rings. The van der Waals surface area contributed by atoms with Crippen molar-refractivity contribution >= 4 is 14.0 Å². The predicted molar refractivity (Wildman–Crippen MR) is 100 cm³/mol. The largest absolute Gasteiger partial charge is 0.497 e. The predicted octanol–water partition coefficient (Wildman–Crippen LogP) is 3.88. The molecule has 0 saturated carbocycles. The van der Waals surface area contributed by atoms with Crippen molar-refractivity contribution in [3.63, 3.8) is 0 Å². The molecule has 24 heavy (non-hydrogen) atoms. The van der Waals surface area contributed by atoms with Crippen LogP contribution in [0.1, 0.15) is 12.5 Å². The lowest BCUT2D eigenvalue weighted by atomic mass is 10.2. The Morgan fingerprint density at radius 1 is 1.29 bits per heavy atom. The van der Waals surface area contributed by atoms with Crippen LogP contribution in [0.2, 0.25) is 25.7 Å². The van der Waals surface area contributed by atoms with Crippen LogP contribution in [-0.2, 0) is 9.53 Å². The summed E-state index contributed by atoms with van der Waals surface area (Å²) < 4.78 is 10.3. The van der Waals surface area contributed by atoms with E-state index in [1.54, 1.807) is 7.11 Å². The summed E-state index contributed by atoms with van der Waals surface area (Å²) in [5.41, 5.74) is 1.63. The smallest absolute Gasteiger partial charge is 0.304 e. The zero-order valence-corrected chi connectivity index (χ0v) is 16.0. The Morgan fingerprint density at radius 3 is 2.58 bits per heavy atom. The second-order valence-electron chi connectivity index (χ2n) is 6.60. The zero-order valence-electron chi connectivity index (χ0n) is 15.0. The van der Waals surface area contributed by atoms with Crippen molar-refractivity contribution in [2.24, 2.45) is 0 Å². The summed E-state index contributed by atoms with van der Waals surface area (Å²) in [7, 11) is 0.335. The van der Waals surface area contributed by atoms with E-state index in [2.05, 4.69) is 49.9 Å². The first-order valence-corrected chi connectivity index (χ1v) is 11.4. The van der Waals surface area contributed by atoms with E-state index < -0.39 is 20.1 Å². The molecule has 1 unspecified atom stereocenters. The molecule has 1 atom stereocenters. The van der Waals surface area contributed by atoms with Gasteiger partial charge in [0, 0.05) is 20.6 Å². The summed E-state index contributed by atoms with van der Waals surface area (Å²) in [6.07, 6.45) is -0.771. The third-order valence-corrected chi connectivity index (χ3v) is 4.31. The molecule has 1 rings (SSSR count). The van der Waals surface area contributed by atoms with E-state index in [1.165, 1.54) is 6.92 Å². The van der Waals surface area contributed by atoms with Crippen molar-refractivity contribution in [3.05, 3.63) is 42.0 Å². The average Bonchev–Trinajstić information content (AvgIpc) is 2.48. The Kier molecular flexibility index (Phi) is 7.36. The van der Waals surface area contributed by atoms with Gasteiger partial charge in [0.25, 0.3) is 0 Å². The number of hydrogen-bond acceptors (Lipinski definition) is 3. The van der Waals surface area contributed by atoms with Crippen molar-refractivity contribution < 1.29 is 14.3 Å². The lowest BCUT2D eigenvalue weighted by molar-refractivity contribution is -0.141. The molecule has 1 aromatic rings. The number of allylic oxidation sites excluding steroid dienone is 1. The van der Waals surface area contributed by atoms with Crippen LogP contribution < -0.4 is 4.74 Å². The average molecular weight is 340 g/mol. The quantitative estimate of drug-likeness (QED) is 0.474. The molecule has 1 aromatic carbocycles. The molecule has 0 spiro atoms. The minimum absolute atomic E-state index is 0.412. The first-order chi connectivity index (χ1) is 11.2. The molecular formula is C20H24O3Si. The summed E-state index contributed by atoms with van der Waals surface area (Å²) >= 11 is 0. The molecule has 0 heterocycles. The van der Waals surface area contributed by atoms with Gasteiger partial charge in [-0.15, -0.1) is 0 Å². The van der Waals surface area contributed by atoms with Gasteiger partial charge in [-0.2, -0.15) is 0 Å². The summed E-state index contributed by atoms with van der Waals surface area (Å²) in [4.78, 5) is 11.2. The van der Waals surface area contributed by atoms with Gasteiger partial charge >= 0.3 is 5.97 Å². The molecule has 0 amide bonds. The number of benzene rings is 1. The maximum absolute atomic E-state index is 11.2. The van der Waals surface area contributed by atoms with E-state index in [0.29, 0.717) is 0 Å². The van der Waals surface area contributed by atoms with Crippen LogP contribution in [0.5, 0.6) is 5.75 Å². The highest BCUT2D eigenvalue weighted by atomic mass is 28.3. The van der Waals surface area contributed by atoms with Crippen LogP contribution in [0.3, 0.4) is 0 Å². The third kappa shape index (κ3) is 8.27. The molecule has 0 aliphatic heterocycles. The molecule has 0 aliphatic carbocycles. The Balaban J connectivity index is 2.93. The van der Waals surface area contributed by atoms with Crippen molar-refractivity contribution in [2.75, 3.05) is 7.11 Å². The van der Waals surface area contributed by atoms with Gasteiger partial charge in [-0.3, -0.25) is 4.79 Å². The maximum atomic E-state index is 11.2. The molecule has 0 aromatic heterocycles. The number of carbonyl (C=O) groups is 1. The fraction of sp³-hybridized carbons (Fsp3) is 0.350. The third-order valence-electron chi connectivity index (χ3n) is 2.82. The molecule has 4 heteroatoms. The maximum Gasteiger partial charge on any atom is 0.304 e. The monoisotopic (exact) mass is 340 g/mol. The molecule has 0 radical (unpaired) electrons. The van der Waals surface area contributed by atoms with Crippen LogP contribution in [0, 0.1) is 23.7 Å². The van der Waals surface area contributed by atoms with E-state index in [0.717, 1.165) is 22.9 Å². The second-order valence-corrected chi connectivity index (χ2v) is 12.1. The standard InChI is InChI=1S/C20H24O3Si/c1-16(15-24(4,5)6)10-12-19(23-17(2)21)13-11-18-8-7-9-20(14-18)22-3/h7-9,14,19H,1,15H2,2-6H3. The van der Waals surface area contributed by atoms with Gasteiger partial charge in [0.05, 0.1) is 7.11 Å². The summed E-state index contributed by atoms with van der Waals surface area (Å²) in [5.74, 6) is 12.0. The van der Waals surface area contributed by atoms with E-state index >= 15 is 0 Å². The molecule has 126 valence electrons. The highest BCUT2D eigenvalue weighted by molar-refractivity contribution is 6.76. The van der Waals surface area contributed by atoms with Gasteiger partial charge < -0.3 is 9.47 Å². The first kappa shape index (κ1) is 19.6. The molecule has 0 saturated heterocycles. The number of rotatable bonds is 4. The van der Waals surface area contributed by atoms with Crippen LogP contribution in [0.25, 0.3) is 0 Å². The highest BCUT2D eigenvalue weighted by Crippen LogP contribution is 2.14. The van der Waals surface area contributed by atoms with E-state index in [9.17, 15) is 4.79 Å². The number of carbonyl (C=O) groups excluding carboxylic acids is 1. The molecule has 0 N–H and O–H groups in total. The van der Waals surface area contributed by atoms with Gasteiger partial charge in [-0.1, -0.05) is 44.1 Å². The number of ether oxygens (including phenoxy) is 2. The second kappa shape index (κ2) is 9.01. The van der Waals surface area contributed by atoms with E-state index in [4.69, 9.17) is 9.47 Å². The van der Waals surface area contributed by atoms with Gasteiger partial charge in [0.15, 0.2) is 0 Å². The normalized spacial score (nSPS) is 11.2. The molecule has 0 bridgehead atoms. The van der Waals surface area contributed by atoms with Crippen LogP contribution >= 0.6 is 0 Å². The van der Waals surface area contributed by atoms with Crippen molar-refractivity contribution in [1.29, 1.82) is 0 Å². The van der Waals surface area contributed by atoms with Crippen molar-refractivity contribution in [2.45, 2.75) is 38.7 Å². The highest BCUT2D eigenvalue weighted by Gasteiger charge is 2.13. The lowest BCUT2D eigenvalue weighted by Gasteiger charge is -2.14. The Bertz CT molecular complexity index is 721.